The van der Waals surface area contributed by atoms with E-state index in [1.54, 1.807) is 31.2 Å². The molecule has 9 heteroatoms. The summed E-state index contributed by atoms with van der Waals surface area (Å²) in [6, 6.07) is 15.1. The van der Waals surface area contributed by atoms with Crippen LogP contribution in [0.5, 0.6) is 0 Å². The molecule has 180 valence electrons. The van der Waals surface area contributed by atoms with Gasteiger partial charge in [0.05, 0.1) is 28.8 Å². The number of anilines is 1. The minimum absolute atomic E-state index is 0.0550. The van der Waals surface area contributed by atoms with E-state index in [1.807, 2.05) is 0 Å². The number of amides is 1. The van der Waals surface area contributed by atoms with Crippen molar-refractivity contribution < 1.29 is 13.2 Å². The molecule has 0 unspecified atom stereocenters. The van der Waals surface area contributed by atoms with E-state index < -0.39 is 9.84 Å². The van der Waals surface area contributed by atoms with E-state index in [0.717, 1.165) is 28.8 Å². The van der Waals surface area contributed by atoms with Crippen LogP contribution in [0.4, 0.5) is 5.13 Å². The molecule has 2 heterocycles. The molecule has 1 aliphatic heterocycles. The van der Waals surface area contributed by atoms with Crippen molar-refractivity contribution in [1.82, 2.24) is 9.88 Å². The molecule has 0 spiro atoms. The maximum Gasteiger partial charge on any atom is 0.230 e. The summed E-state index contributed by atoms with van der Waals surface area (Å²) in [5.74, 6) is 0.283. The topological polar surface area (TPSA) is 79.4 Å². The highest BCUT2D eigenvalue weighted by Gasteiger charge is 2.36. The minimum Gasteiger partial charge on any atom is -0.302 e. The molecule has 0 saturated carbocycles. The maximum absolute atomic E-state index is 12.6. The number of hydrogen-bond acceptors (Lipinski definition) is 6. The molecule has 3 aromatic rings. The molecule has 0 saturated heterocycles. The Morgan fingerprint density at radius 2 is 1.79 bits per heavy atom. The first kappa shape index (κ1) is 25.0. The van der Waals surface area contributed by atoms with Gasteiger partial charge in [-0.2, -0.15) is 0 Å². The Hall–Kier alpha value is -2.07. The molecule has 0 aliphatic carbocycles. The van der Waals surface area contributed by atoms with Gasteiger partial charge in [0, 0.05) is 22.4 Å². The van der Waals surface area contributed by atoms with E-state index in [1.165, 1.54) is 21.8 Å². The lowest BCUT2D eigenvalue weighted by molar-refractivity contribution is -0.115. The molecule has 0 bridgehead atoms. The highest BCUT2D eigenvalue weighted by atomic mass is 79.9. The second-order valence-electron chi connectivity index (χ2n) is 8.82. The van der Waals surface area contributed by atoms with Gasteiger partial charge in [0.1, 0.15) is 0 Å². The van der Waals surface area contributed by atoms with Gasteiger partial charge >= 0.3 is 0 Å². The summed E-state index contributed by atoms with van der Waals surface area (Å²) in [5, 5.41) is 3.55. The van der Waals surface area contributed by atoms with Gasteiger partial charge in [-0.05, 0) is 41.3 Å². The zero-order valence-electron chi connectivity index (χ0n) is 19.4. The van der Waals surface area contributed by atoms with Crippen molar-refractivity contribution >= 4 is 48.1 Å². The van der Waals surface area contributed by atoms with Crippen LogP contribution in [-0.4, -0.2) is 30.0 Å². The summed E-state index contributed by atoms with van der Waals surface area (Å²) in [4.78, 5) is 21.3. The van der Waals surface area contributed by atoms with Gasteiger partial charge in [-0.15, -0.1) is 11.3 Å². The van der Waals surface area contributed by atoms with Gasteiger partial charge in [-0.1, -0.05) is 61.0 Å². The standard InChI is InChI=1S/C25H28BrN3O3S2/c1-4-34(31,32)20-11-7-17(8-12-20)13-22(30)27-25-28-23-21(33-25)15-29(24(23)16(2)3)14-18-5-9-19(26)10-6-18/h5-12,16,24H,4,13-15H2,1-3H3,(H,27,28,30)/t24-/m0/s1. The lowest BCUT2D eigenvalue weighted by Crippen LogP contribution is -2.26. The summed E-state index contributed by atoms with van der Waals surface area (Å²) in [5.41, 5.74) is 3.08. The summed E-state index contributed by atoms with van der Waals surface area (Å²) in [6.07, 6.45) is 0.167. The third-order valence-electron chi connectivity index (χ3n) is 5.95. The highest BCUT2D eigenvalue weighted by Crippen LogP contribution is 2.43. The normalized spacial score (nSPS) is 16.1. The van der Waals surface area contributed by atoms with E-state index in [2.05, 4.69) is 64.3 Å². The molecule has 6 nitrogen and oxygen atoms in total. The van der Waals surface area contributed by atoms with Crippen LogP contribution in [-0.2, 0) is 34.1 Å². The molecular formula is C25H28BrN3O3S2. The van der Waals surface area contributed by atoms with E-state index in [-0.39, 0.29) is 29.0 Å². The number of sulfone groups is 1. The van der Waals surface area contributed by atoms with Crippen molar-refractivity contribution in [2.45, 2.75) is 51.2 Å². The highest BCUT2D eigenvalue weighted by molar-refractivity contribution is 9.10. The van der Waals surface area contributed by atoms with Crippen molar-refractivity contribution in [3.8, 4) is 0 Å². The molecule has 4 rings (SSSR count). The van der Waals surface area contributed by atoms with Crippen LogP contribution in [0.25, 0.3) is 0 Å². The molecule has 1 aromatic heterocycles. The summed E-state index contributed by atoms with van der Waals surface area (Å²) in [6.45, 7) is 7.69. The fraction of sp³-hybridized carbons (Fsp3) is 0.360. The number of thiazole rings is 1. The van der Waals surface area contributed by atoms with E-state index in [9.17, 15) is 13.2 Å². The third kappa shape index (κ3) is 5.59. The number of hydrogen-bond donors (Lipinski definition) is 1. The predicted molar refractivity (Wildman–Crippen MR) is 140 cm³/mol. The van der Waals surface area contributed by atoms with E-state index in [0.29, 0.717) is 11.0 Å². The van der Waals surface area contributed by atoms with Crippen molar-refractivity contribution in [2.24, 2.45) is 5.92 Å². The van der Waals surface area contributed by atoms with Crippen molar-refractivity contribution in [1.29, 1.82) is 0 Å². The quantitative estimate of drug-likeness (QED) is 0.387. The van der Waals surface area contributed by atoms with Gasteiger partial charge in [-0.3, -0.25) is 9.69 Å². The van der Waals surface area contributed by atoms with Crippen molar-refractivity contribution in [3.05, 3.63) is 74.7 Å². The molecule has 1 atom stereocenters. The van der Waals surface area contributed by atoms with Crippen LogP contribution >= 0.6 is 27.3 Å². The number of fused-ring (bicyclic) bond motifs is 1. The van der Waals surface area contributed by atoms with Gasteiger partial charge in [0.15, 0.2) is 15.0 Å². The smallest absolute Gasteiger partial charge is 0.230 e. The number of rotatable bonds is 8. The summed E-state index contributed by atoms with van der Waals surface area (Å²) in [7, 11) is -3.24. The third-order valence-corrected chi connectivity index (χ3v) is 9.20. The Bertz CT molecular complexity index is 1270. The average molecular weight is 563 g/mol. The number of halogens is 1. The minimum atomic E-state index is -3.24. The van der Waals surface area contributed by atoms with Crippen LogP contribution in [0.2, 0.25) is 0 Å². The van der Waals surface area contributed by atoms with Crippen LogP contribution in [0.3, 0.4) is 0 Å². The Labute approximate surface area is 213 Å². The van der Waals surface area contributed by atoms with Gasteiger partial charge < -0.3 is 5.32 Å². The predicted octanol–water partition coefficient (Wildman–Crippen LogP) is 5.59. The van der Waals surface area contributed by atoms with Crippen LogP contribution in [0.15, 0.2) is 57.9 Å². The molecule has 1 amide bonds. The first-order valence-electron chi connectivity index (χ1n) is 11.3. The Kier molecular flexibility index (Phi) is 7.57. The second kappa shape index (κ2) is 10.3. The molecule has 0 fully saturated rings. The first-order chi connectivity index (χ1) is 16.2. The molecular weight excluding hydrogens is 534 g/mol. The number of benzene rings is 2. The summed E-state index contributed by atoms with van der Waals surface area (Å²) >= 11 is 5.03. The molecule has 34 heavy (non-hydrogen) atoms. The number of nitrogens with zero attached hydrogens (tertiary/aromatic N) is 2. The van der Waals surface area contributed by atoms with Crippen LogP contribution in [0, 0.1) is 5.92 Å². The van der Waals surface area contributed by atoms with Crippen LogP contribution < -0.4 is 5.32 Å². The van der Waals surface area contributed by atoms with Gasteiger partial charge in [0.25, 0.3) is 0 Å². The lowest BCUT2D eigenvalue weighted by Gasteiger charge is -2.27. The first-order valence-corrected chi connectivity index (χ1v) is 14.5. The maximum atomic E-state index is 12.6. The fourth-order valence-corrected chi connectivity index (χ4v) is 6.46. The van der Waals surface area contributed by atoms with Crippen LogP contribution in [0.1, 0.15) is 48.5 Å². The number of aromatic nitrogens is 1. The molecule has 1 N–H and O–H groups in total. The van der Waals surface area contributed by atoms with E-state index in [4.69, 9.17) is 4.98 Å². The zero-order valence-corrected chi connectivity index (χ0v) is 22.6. The number of carbonyl (C=O) groups excluding carboxylic acids is 1. The molecule has 0 radical (unpaired) electrons. The zero-order chi connectivity index (χ0) is 24.5. The Morgan fingerprint density at radius 3 is 2.41 bits per heavy atom. The number of nitrogens with one attached hydrogen (secondary N) is 1. The SMILES string of the molecule is CCS(=O)(=O)c1ccc(CC(=O)Nc2nc3c(s2)CN(Cc2ccc(Br)cc2)[C@H]3C(C)C)cc1. The van der Waals surface area contributed by atoms with Crippen molar-refractivity contribution in [3.63, 3.8) is 0 Å². The average Bonchev–Trinajstić information content (AvgIpc) is 3.31. The molecule has 1 aliphatic rings. The summed E-state index contributed by atoms with van der Waals surface area (Å²) < 4.78 is 25.0. The van der Waals surface area contributed by atoms with E-state index >= 15 is 0 Å². The Balaban J connectivity index is 1.41. The molecule has 2 aromatic carbocycles. The van der Waals surface area contributed by atoms with Crippen molar-refractivity contribution in [2.75, 3.05) is 11.1 Å². The number of carbonyl (C=O) groups is 1. The van der Waals surface area contributed by atoms with Gasteiger partial charge in [-0.25, -0.2) is 13.4 Å². The largest absolute Gasteiger partial charge is 0.302 e. The second-order valence-corrected chi connectivity index (χ2v) is 13.1. The Morgan fingerprint density at radius 1 is 1.15 bits per heavy atom. The lowest BCUT2D eigenvalue weighted by atomic mass is 10.0. The fourth-order valence-electron chi connectivity index (χ4n) is 4.26. The monoisotopic (exact) mass is 561 g/mol. The van der Waals surface area contributed by atoms with Gasteiger partial charge in [0.2, 0.25) is 5.91 Å².